The van der Waals surface area contributed by atoms with Crippen LogP contribution in [-0.4, -0.2) is 77.7 Å². The molecule has 10 nitrogen and oxygen atoms in total. The van der Waals surface area contributed by atoms with Gasteiger partial charge in [0, 0.05) is 6.54 Å². The normalized spacial score (nSPS) is 19.9. The van der Waals surface area contributed by atoms with Crippen molar-refractivity contribution >= 4 is 53.7 Å². The highest BCUT2D eigenvalue weighted by Gasteiger charge is 2.43. The fraction of sp³-hybridized carbons (Fsp3) is 0.737. The summed E-state index contributed by atoms with van der Waals surface area (Å²) in [7, 11) is 0. The Morgan fingerprint density at radius 2 is 1.33 bits per heavy atom. The summed E-state index contributed by atoms with van der Waals surface area (Å²) in [6, 6.07) is -1.81. The van der Waals surface area contributed by atoms with Gasteiger partial charge in [-0.05, 0) is 53.0 Å². The zero-order chi connectivity index (χ0) is 27.2. The number of amides is 5. The summed E-state index contributed by atoms with van der Waals surface area (Å²) < 4.78 is 76.5. The molecule has 36 heavy (non-hydrogen) atoms. The molecule has 0 aromatic heterocycles. The molecule has 0 bridgehead atoms. The van der Waals surface area contributed by atoms with Crippen LogP contribution >= 0.6 is 24.0 Å². The van der Waals surface area contributed by atoms with Crippen molar-refractivity contribution in [2.45, 2.75) is 76.5 Å². The van der Waals surface area contributed by atoms with Gasteiger partial charge in [0.05, 0.1) is 6.04 Å². The highest BCUT2D eigenvalue weighted by molar-refractivity contribution is 14.0. The Kier molecular flexibility index (Phi) is 12.6. The lowest BCUT2D eigenvalue weighted by atomic mass is 10.2. The van der Waals surface area contributed by atoms with Gasteiger partial charge < -0.3 is 10.1 Å². The standard InChI is InChI=1S/C12H17F3N2O4.C7H9F3N2O2.HI/c1-11(2,3)21-10(20)17-6-4-5-7(17)8(18)16-9(19)12(13,14)15;8-7(9,10)6(14)12-5(13)4-2-1-3-11-4;/h7H,4-6H2,1-3H3,(H,16,18,19);4,11H,1-3H2,(H,12,13,14);1H/t7-;4-;/m00./s1. The van der Waals surface area contributed by atoms with Crippen LogP contribution in [0.15, 0.2) is 0 Å². The number of carbonyl (C=O) groups excluding carboxylic acids is 5. The van der Waals surface area contributed by atoms with Crippen LogP contribution in [0, 0.1) is 0 Å². The van der Waals surface area contributed by atoms with E-state index in [4.69, 9.17) is 4.74 Å². The van der Waals surface area contributed by atoms with Crippen LogP contribution in [-0.2, 0) is 23.9 Å². The summed E-state index contributed by atoms with van der Waals surface area (Å²) >= 11 is 0. The number of hydrogen-bond donors (Lipinski definition) is 3. The second-order valence-electron chi connectivity index (χ2n) is 8.61. The second-order valence-corrected chi connectivity index (χ2v) is 8.61. The second kappa shape index (κ2) is 13.4. The lowest BCUT2D eigenvalue weighted by molar-refractivity contribution is -0.175. The molecule has 2 heterocycles. The van der Waals surface area contributed by atoms with Gasteiger partial charge in [0.15, 0.2) is 0 Å². The number of imide groups is 2. The lowest BCUT2D eigenvalue weighted by Crippen LogP contribution is -2.51. The summed E-state index contributed by atoms with van der Waals surface area (Å²) in [6.07, 6.45) is -9.15. The van der Waals surface area contributed by atoms with Gasteiger partial charge in [0.1, 0.15) is 11.6 Å². The van der Waals surface area contributed by atoms with E-state index in [-0.39, 0.29) is 36.9 Å². The van der Waals surface area contributed by atoms with Gasteiger partial charge in [-0.1, -0.05) is 0 Å². The Labute approximate surface area is 219 Å². The third-order valence-electron chi connectivity index (χ3n) is 4.55. The van der Waals surface area contributed by atoms with Crippen LogP contribution in [0.4, 0.5) is 31.1 Å². The summed E-state index contributed by atoms with van der Waals surface area (Å²) in [6.45, 7) is 5.65. The highest BCUT2D eigenvalue weighted by atomic mass is 127. The number of rotatable bonds is 2. The lowest BCUT2D eigenvalue weighted by Gasteiger charge is -2.27. The van der Waals surface area contributed by atoms with Crippen LogP contribution in [0.25, 0.3) is 0 Å². The quantitative estimate of drug-likeness (QED) is 0.309. The number of ether oxygens (including phenoxy) is 1. The number of halogens is 7. The first kappa shape index (κ1) is 33.8. The number of nitrogens with zero attached hydrogens (tertiary/aromatic N) is 1. The minimum absolute atomic E-state index is 0. The maximum absolute atomic E-state index is 12.1. The number of alkyl halides is 6. The van der Waals surface area contributed by atoms with Crippen molar-refractivity contribution in [1.29, 1.82) is 0 Å². The minimum Gasteiger partial charge on any atom is -0.444 e. The Morgan fingerprint density at radius 3 is 1.75 bits per heavy atom. The van der Waals surface area contributed by atoms with Crippen molar-refractivity contribution in [3.63, 3.8) is 0 Å². The monoisotopic (exact) mass is 648 g/mol. The molecule has 0 radical (unpaired) electrons. The number of carbonyl (C=O) groups is 5. The van der Waals surface area contributed by atoms with E-state index in [1.54, 1.807) is 20.8 Å². The molecular weight excluding hydrogens is 621 g/mol. The van der Waals surface area contributed by atoms with Crippen molar-refractivity contribution in [2.75, 3.05) is 13.1 Å². The van der Waals surface area contributed by atoms with Crippen molar-refractivity contribution in [2.24, 2.45) is 0 Å². The predicted molar refractivity (Wildman–Crippen MR) is 121 cm³/mol. The van der Waals surface area contributed by atoms with E-state index in [1.165, 1.54) is 10.6 Å². The Bertz CT molecular complexity index is 825. The first-order valence-electron chi connectivity index (χ1n) is 10.4. The summed E-state index contributed by atoms with van der Waals surface area (Å²) in [5.74, 6) is -6.62. The SMILES string of the molecule is CC(C)(C)OC(=O)N1CCC[C@H]1C(=O)NC(=O)C(F)(F)F.I.O=C(NC(=O)C(F)(F)F)[C@@H]1CCCN1. The van der Waals surface area contributed by atoms with Crippen molar-refractivity contribution in [3.8, 4) is 0 Å². The number of nitrogens with one attached hydrogen (secondary N) is 3. The average Bonchev–Trinajstić information content (AvgIpc) is 3.37. The van der Waals surface area contributed by atoms with Crippen molar-refractivity contribution in [3.05, 3.63) is 0 Å². The molecule has 0 unspecified atom stereocenters. The van der Waals surface area contributed by atoms with Gasteiger partial charge in [0.2, 0.25) is 11.8 Å². The number of likely N-dealkylation sites (tertiary alicyclic amines) is 1. The van der Waals surface area contributed by atoms with Crippen LogP contribution in [0.5, 0.6) is 0 Å². The zero-order valence-corrected chi connectivity index (χ0v) is 21.8. The molecule has 0 aliphatic carbocycles. The van der Waals surface area contributed by atoms with Crippen molar-refractivity contribution in [1.82, 2.24) is 20.9 Å². The zero-order valence-electron chi connectivity index (χ0n) is 19.5. The van der Waals surface area contributed by atoms with Gasteiger partial charge in [-0.15, -0.1) is 24.0 Å². The van der Waals surface area contributed by atoms with Crippen LogP contribution in [0.1, 0.15) is 46.5 Å². The molecule has 2 aliphatic heterocycles. The Hall–Kier alpha value is -2.18. The maximum atomic E-state index is 12.1. The van der Waals surface area contributed by atoms with Crippen LogP contribution in [0.3, 0.4) is 0 Å². The molecule has 0 aromatic rings. The first-order chi connectivity index (χ1) is 15.8. The molecule has 17 heteroatoms. The molecule has 0 spiro atoms. The van der Waals surface area contributed by atoms with Crippen LogP contribution < -0.4 is 16.0 Å². The van der Waals surface area contributed by atoms with Gasteiger partial charge in [0.25, 0.3) is 0 Å². The highest BCUT2D eigenvalue weighted by Crippen LogP contribution is 2.22. The van der Waals surface area contributed by atoms with E-state index in [0.29, 0.717) is 19.4 Å². The maximum Gasteiger partial charge on any atom is 0.471 e. The fourth-order valence-electron chi connectivity index (χ4n) is 3.02. The van der Waals surface area contributed by atoms with Gasteiger partial charge in [-0.25, -0.2) is 4.79 Å². The van der Waals surface area contributed by atoms with E-state index in [0.717, 1.165) is 11.3 Å². The van der Waals surface area contributed by atoms with E-state index in [2.05, 4.69) is 5.32 Å². The summed E-state index contributed by atoms with van der Waals surface area (Å²) in [4.78, 5) is 56.7. The third-order valence-corrected chi connectivity index (χ3v) is 4.55. The topological polar surface area (TPSA) is 134 Å². The Morgan fingerprint density at radius 1 is 0.833 bits per heavy atom. The molecule has 2 aliphatic rings. The molecule has 5 amide bonds. The van der Waals surface area contributed by atoms with Crippen molar-refractivity contribution < 1.29 is 55.1 Å². The Balaban J connectivity index is 0.000000713. The molecular formula is C19H27F6IN4O6. The molecule has 2 fully saturated rings. The smallest absolute Gasteiger partial charge is 0.444 e. The third kappa shape index (κ3) is 11.3. The molecule has 208 valence electrons. The van der Waals surface area contributed by atoms with Gasteiger partial charge >= 0.3 is 30.3 Å². The fourth-order valence-corrected chi connectivity index (χ4v) is 3.02. The van der Waals surface area contributed by atoms with E-state index in [1.807, 2.05) is 0 Å². The molecule has 2 rings (SSSR count). The first-order valence-corrected chi connectivity index (χ1v) is 10.4. The van der Waals surface area contributed by atoms with E-state index >= 15 is 0 Å². The minimum atomic E-state index is -5.15. The molecule has 2 atom stereocenters. The number of hydrogen-bond acceptors (Lipinski definition) is 7. The predicted octanol–water partition coefficient (Wildman–Crippen LogP) is 2.15. The van der Waals surface area contributed by atoms with Gasteiger partial charge in [-0.2, -0.15) is 26.3 Å². The molecule has 0 saturated carbocycles. The van der Waals surface area contributed by atoms with Crippen LogP contribution in [0.2, 0.25) is 0 Å². The summed E-state index contributed by atoms with van der Waals surface area (Å²) in [5.41, 5.74) is -0.789. The molecule has 0 aromatic carbocycles. The molecule has 2 saturated heterocycles. The van der Waals surface area contributed by atoms with Gasteiger partial charge in [-0.3, -0.25) is 34.7 Å². The van der Waals surface area contributed by atoms with E-state index in [9.17, 15) is 50.3 Å². The largest absolute Gasteiger partial charge is 0.471 e. The van der Waals surface area contributed by atoms with E-state index < -0.39 is 59.8 Å². The average molecular weight is 648 g/mol. The summed E-state index contributed by atoms with van der Waals surface area (Å²) in [5, 5.41) is 5.24. The molecule has 3 N–H and O–H groups in total.